The van der Waals surface area contributed by atoms with Crippen LogP contribution in [-0.2, 0) is 0 Å². The second-order valence-electron chi connectivity index (χ2n) is 12.2. The number of fused-ring (bicyclic) bond motifs is 9. The van der Waals surface area contributed by atoms with Crippen LogP contribution in [0.2, 0.25) is 0 Å². The molecule has 3 heteroatoms. The van der Waals surface area contributed by atoms with Crippen LogP contribution in [0.4, 0.5) is 17.1 Å². The normalized spacial score (nSPS) is 11.8. The first-order valence-electron chi connectivity index (χ1n) is 15.9. The second-order valence-corrected chi connectivity index (χ2v) is 14.3. The van der Waals surface area contributed by atoms with Crippen molar-refractivity contribution in [1.82, 2.24) is 0 Å². The Morgan fingerprint density at radius 1 is 0.340 bits per heavy atom. The van der Waals surface area contributed by atoms with E-state index in [9.17, 15) is 0 Å². The quantitative estimate of drug-likeness (QED) is 0.186. The van der Waals surface area contributed by atoms with E-state index in [2.05, 4.69) is 169 Å². The lowest BCUT2D eigenvalue weighted by atomic mass is 10.0. The molecule has 0 saturated heterocycles. The predicted octanol–water partition coefficient (Wildman–Crippen LogP) is 13.9. The van der Waals surface area contributed by atoms with Gasteiger partial charge in [0, 0.05) is 57.4 Å². The first-order valence-corrected chi connectivity index (χ1v) is 17.5. The molecule has 0 spiro atoms. The van der Waals surface area contributed by atoms with Crippen LogP contribution in [0.25, 0.3) is 73.0 Å². The fraction of sp³-hybridized carbons (Fsp3) is 0. The summed E-state index contributed by atoms with van der Waals surface area (Å²) in [5.41, 5.74) is 5.89. The highest BCUT2D eigenvalue weighted by molar-refractivity contribution is 7.29. The van der Waals surface area contributed by atoms with Gasteiger partial charge in [0.2, 0.25) is 0 Å². The molecule has 47 heavy (non-hydrogen) atoms. The molecule has 0 aliphatic rings. The Hall–Kier alpha value is -5.48. The molecule has 0 atom stereocenters. The molecular formula is C44H27NS2. The molecule has 2 heterocycles. The number of nitrogens with zero attached hydrogens (tertiary/aromatic N) is 1. The average Bonchev–Trinajstić information content (AvgIpc) is 3.68. The molecule has 0 bridgehead atoms. The zero-order valence-electron chi connectivity index (χ0n) is 25.4. The van der Waals surface area contributed by atoms with E-state index in [4.69, 9.17) is 0 Å². The van der Waals surface area contributed by atoms with E-state index in [1.165, 1.54) is 73.0 Å². The maximum Gasteiger partial charge on any atom is 0.0476 e. The molecule has 10 rings (SSSR count). The minimum absolute atomic E-state index is 1.14. The van der Waals surface area contributed by atoms with Crippen LogP contribution < -0.4 is 4.90 Å². The van der Waals surface area contributed by atoms with Gasteiger partial charge in [-0.2, -0.15) is 0 Å². The SMILES string of the molecule is c1ccc(N(c2ccc(-c3ccc4ccccc4c3)cc2)c2ccc3c(c2)sc2ccc4c5cc6ccccc6cc5sc4c23)cc1. The van der Waals surface area contributed by atoms with Crippen LogP contribution >= 0.6 is 22.7 Å². The van der Waals surface area contributed by atoms with Gasteiger partial charge in [0.1, 0.15) is 0 Å². The van der Waals surface area contributed by atoms with Crippen molar-refractivity contribution in [2.24, 2.45) is 0 Å². The summed E-state index contributed by atoms with van der Waals surface area (Å²) in [7, 11) is 0. The van der Waals surface area contributed by atoms with Gasteiger partial charge in [-0.05, 0) is 93.3 Å². The zero-order chi connectivity index (χ0) is 30.9. The van der Waals surface area contributed by atoms with Crippen molar-refractivity contribution in [1.29, 1.82) is 0 Å². The number of hydrogen-bond acceptors (Lipinski definition) is 3. The molecular weight excluding hydrogens is 607 g/mol. The molecule has 0 aliphatic heterocycles. The highest BCUT2D eigenvalue weighted by Crippen LogP contribution is 2.47. The Kier molecular flexibility index (Phi) is 5.98. The predicted molar refractivity (Wildman–Crippen MR) is 207 cm³/mol. The van der Waals surface area contributed by atoms with E-state index in [-0.39, 0.29) is 0 Å². The third-order valence-corrected chi connectivity index (χ3v) is 11.7. The molecule has 0 amide bonds. The molecule has 1 nitrogen and oxygen atoms in total. The third-order valence-electron chi connectivity index (χ3n) is 9.40. The molecule has 2 aromatic heterocycles. The number of benzene rings is 8. The number of para-hydroxylation sites is 1. The van der Waals surface area contributed by atoms with Gasteiger partial charge in [-0.15, -0.1) is 22.7 Å². The number of thiophene rings is 2. The monoisotopic (exact) mass is 633 g/mol. The van der Waals surface area contributed by atoms with Gasteiger partial charge in [0.15, 0.2) is 0 Å². The van der Waals surface area contributed by atoms with Crippen molar-refractivity contribution in [2.75, 3.05) is 4.90 Å². The molecule has 0 unspecified atom stereocenters. The first kappa shape index (κ1) is 26.7. The molecule has 10 aromatic rings. The van der Waals surface area contributed by atoms with Gasteiger partial charge in [0.05, 0.1) is 0 Å². The summed E-state index contributed by atoms with van der Waals surface area (Å²) >= 11 is 3.82. The highest BCUT2D eigenvalue weighted by atomic mass is 32.1. The maximum absolute atomic E-state index is 2.37. The minimum atomic E-state index is 1.14. The standard InChI is InChI=1S/C44H27NS2/c1-2-12-34(13-3-1)45(35-18-16-29(17-19-35)33-15-14-28-8-4-5-9-30(28)24-33)36-20-21-38-42(27-36)46-40-23-22-37-39-25-31-10-6-7-11-32(31)26-41(39)47-44(37)43(38)40/h1-27H. The van der Waals surface area contributed by atoms with Crippen molar-refractivity contribution < 1.29 is 0 Å². The van der Waals surface area contributed by atoms with E-state index in [1.54, 1.807) is 0 Å². The Balaban J connectivity index is 1.10. The van der Waals surface area contributed by atoms with E-state index in [0.717, 1.165) is 17.1 Å². The second kappa shape index (κ2) is 10.5. The summed E-state index contributed by atoms with van der Waals surface area (Å²) in [6.07, 6.45) is 0. The van der Waals surface area contributed by atoms with Crippen molar-refractivity contribution in [3.8, 4) is 11.1 Å². The van der Waals surface area contributed by atoms with Crippen LogP contribution in [0.15, 0.2) is 164 Å². The van der Waals surface area contributed by atoms with Crippen LogP contribution in [0.3, 0.4) is 0 Å². The molecule has 0 saturated carbocycles. The molecule has 0 N–H and O–H groups in total. The van der Waals surface area contributed by atoms with Gasteiger partial charge in [-0.25, -0.2) is 0 Å². The van der Waals surface area contributed by atoms with Crippen LogP contribution in [0.1, 0.15) is 0 Å². The van der Waals surface area contributed by atoms with Gasteiger partial charge in [-0.1, -0.05) is 103 Å². The largest absolute Gasteiger partial charge is 0.310 e. The Morgan fingerprint density at radius 2 is 0.957 bits per heavy atom. The molecule has 0 fully saturated rings. The van der Waals surface area contributed by atoms with Crippen molar-refractivity contribution in [3.63, 3.8) is 0 Å². The van der Waals surface area contributed by atoms with E-state index in [0.29, 0.717) is 0 Å². The summed E-state index contributed by atoms with van der Waals surface area (Å²) in [6, 6.07) is 60.0. The average molecular weight is 634 g/mol. The van der Waals surface area contributed by atoms with Gasteiger partial charge < -0.3 is 4.90 Å². The number of rotatable bonds is 4. The fourth-order valence-corrected chi connectivity index (χ4v) is 9.61. The van der Waals surface area contributed by atoms with E-state index < -0.39 is 0 Å². The van der Waals surface area contributed by atoms with Crippen LogP contribution in [0.5, 0.6) is 0 Å². The van der Waals surface area contributed by atoms with Crippen molar-refractivity contribution in [2.45, 2.75) is 0 Å². The topological polar surface area (TPSA) is 3.24 Å². The van der Waals surface area contributed by atoms with Gasteiger partial charge in [0.25, 0.3) is 0 Å². The first-order chi connectivity index (χ1) is 23.3. The molecule has 220 valence electrons. The van der Waals surface area contributed by atoms with E-state index >= 15 is 0 Å². The Labute approximate surface area is 280 Å². The third kappa shape index (κ3) is 4.35. The highest BCUT2D eigenvalue weighted by Gasteiger charge is 2.17. The van der Waals surface area contributed by atoms with Gasteiger partial charge >= 0.3 is 0 Å². The van der Waals surface area contributed by atoms with Crippen molar-refractivity contribution in [3.05, 3.63) is 164 Å². The number of hydrogen-bond donors (Lipinski definition) is 0. The summed E-state index contributed by atoms with van der Waals surface area (Å²) in [5.74, 6) is 0. The lowest BCUT2D eigenvalue weighted by Crippen LogP contribution is -2.09. The summed E-state index contributed by atoms with van der Waals surface area (Å²) in [4.78, 5) is 2.37. The minimum Gasteiger partial charge on any atom is -0.310 e. The van der Waals surface area contributed by atoms with E-state index in [1.807, 2.05) is 22.7 Å². The lowest BCUT2D eigenvalue weighted by molar-refractivity contribution is 1.29. The van der Waals surface area contributed by atoms with Crippen LogP contribution in [-0.4, -0.2) is 0 Å². The van der Waals surface area contributed by atoms with Crippen LogP contribution in [0, 0.1) is 0 Å². The van der Waals surface area contributed by atoms with Gasteiger partial charge in [-0.3, -0.25) is 0 Å². The van der Waals surface area contributed by atoms with Crippen molar-refractivity contribution >= 4 is 102 Å². The summed E-state index contributed by atoms with van der Waals surface area (Å²) < 4.78 is 5.38. The smallest absolute Gasteiger partial charge is 0.0476 e. The summed E-state index contributed by atoms with van der Waals surface area (Å²) in [5, 5.41) is 10.5. The fourth-order valence-electron chi connectivity index (χ4n) is 7.10. The number of anilines is 3. The Morgan fingerprint density at radius 3 is 1.77 bits per heavy atom. The molecule has 0 aliphatic carbocycles. The summed E-state index contributed by atoms with van der Waals surface area (Å²) in [6.45, 7) is 0. The molecule has 8 aromatic carbocycles. The zero-order valence-corrected chi connectivity index (χ0v) is 27.0. The molecule has 0 radical (unpaired) electrons. The maximum atomic E-state index is 2.37. The Bertz CT molecular complexity index is 2790. The lowest BCUT2D eigenvalue weighted by Gasteiger charge is -2.25.